The lowest BCUT2D eigenvalue weighted by atomic mass is 10.1. The number of fused-ring (bicyclic) bond motifs is 1. The van der Waals surface area contributed by atoms with Gasteiger partial charge in [-0.05, 0) is 49.4 Å². The molecule has 1 aromatic heterocycles. The molecule has 138 valence electrons. The normalized spacial score (nSPS) is 16.9. The van der Waals surface area contributed by atoms with Crippen LogP contribution in [0.2, 0.25) is 5.02 Å². The number of anilines is 1. The fourth-order valence-corrected chi connectivity index (χ4v) is 3.35. The molecule has 0 radical (unpaired) electrons. The second-order valence-corrected chi connectivity index (χ2v) is 6.77. The fourth-order valence-electron chi connectivity index (χ4n) is 3.18. The van der Waals surface area contributed by atoms with Crippen LogP contribution in [0.4, 0.5) is 5.69 Å². The maximum absolute atomic E-state index is 12.3. The van der Waals surface area contributed by atoms with E-state index in [2.05, 4.69) is 4.98 Å². The topological polar surface area (TPSA) is 72.6 Å². The monoisotopic (exact) mass is 384 g/mol. The smallest absolute Gasteiger partial charge is 0.311 e. The van der Waals surface area contributed by atoms with E-state index in [0.29, 0.717) is 35.2 Å². The Morgan fingerprint density at radius 1 is 1.30 bits per heavy atom. The van der Waals surface area contributed by atoms with Crippen LogP contribution in [0.3, 0.4) is 0 Å². The van der Waals surface area contributed by atoms with Gasteiger partial charge in [-0.3, -0.25) is 9.59 Å². The third kappa shape index (κ3) is 3.40. The fraction of sp³-hybridized carbons (Fsp3) is 0.250. The van der Waals surface area contributed by atoms with Crippen molar-refractivity contribution in [3.05, 3.63) is 47.5 Å². The molecule has 7 heteroatoms. The molecule has 1 atom stereocenters. The molecule has 1 fully saturated rings. The van der Waals surface area contributed by atoms with Crippen LogP contribution in [0.1, 0.15) is 13.3 Å². The molecule has 4 rings (SSSR count). The molecule has 2 heterocycles. The molecule has 0 aliphatic carbocycles. The van der Waals surface area contributed by atoms with E-state index in [1.54, 1.807) is 30.0 Å². The second-order valence-electron chi connectivity index (χ2n) is 6.34. The van der Waals surface area contributed by atoms with E-state index in [0.717, 1.165) is 11.3 Å². The average Bonchev–Trinajstić information content (AvgIpc) is 3.25. The highest BCUT2D eigenvalue weighted by molar-refractivity contribution is 6.31. The summed E-state index contributed by atoms with van der Waals surface area (Å²) in [5.74, 6) is -0.345. The van der Waals surface area contributed by atoms with Crippen LogP contribution in [0, 0.1) is 5.92 Å². The second kappa shape index (κ2) is 7.04. The van der Waals surface area contributed by atoms with Gasteiger partial charge in [0.2, 0.25) is 11.8 Å². The first-order valence-corrected chi connectivity index (χ1v) is 9.06. The van der Waals surface area contributed by atoms with Crippen LogP contribution in [-0.2, 0) is 14.3 Å². The molecular weight excluding hydrogens is 368 g/mol. The molecule has 1 aliphatic heterocycles. The minimum absolute atomic E-state index is 0.0858. The number of oxazole rings is 1. The standard InChI is InChI=1S/C20H17ClN2O4/c1-2-26-20(25)13-9-18(24)23(11-13)15-6-3-12(4-7-15)19-22-16-10-14(21)5-8-17(16)27-19/h3-8,10,13H,2,9,11H2,1H3/t13-/m0/s1. The van der Waals surface area contributed by atoms with E-state index in [1.807, 2.05) is 24.3 Å². The van der Waals surface area contributed by atoms with Crippen molar-refractivity contribution in [1.29, 1.82) is 0 Å². The van der Waals surface area contributed by atoms with E-state index in [9.17, 15) is 9.59 Å². The van der Waals surface area contributed by atoms with Crippen LogP contribution in [0.25, 0.3) is 22.6 Å². The summed E-state index contributed by atoms with van der Waals surface area (Å²) in [4.78, 5) is 30.2. The Kier molecular flexibility index (Phi) is 4.58. The number of carbonyl (C=O) groups is 2. The number of hydrogen-bond donors (Lipinski definition) is 0. The minimum atomic E-state index is -0.418. The van der Waals surface area contributed by atoms with Crippen molar-refractivity contribution in [2.24, 2.45) is 5.92 Å². The summed E-state index contributed by atoms with van der Waals surface area (Å²) in [6, 6.07) is 12.6. The Balaban J connectivity index is 1.55. The average molecular weight is 385 g/mol. The molecule has 0 N–H and O–H groups in total. The Labute approximate surface area is 160 Å². The van der Waals surface area contributed by atoms with E-state index in [-0.39, 0.29) is 18.3 Å². The first-order chi connectivity index (χ1) is 13.0. The quantitative estimate of drug-likeness (QED) is 0.634. The Morgan fingerprint density at radius 3 is 2.81 bits per heavy atom. The zero-order valence-corrected chi connectivity index (χ0v) is 15.4. The molecule has 1 saturated heterocycles. The number of benzene rings is 2. The highest BCUT2D eigenvalue weighted by Gasteiger charge is 2.36. The predicted molar refractivity (Wildman–Crippen MR) is 102 cm³/mol. The molecule has 2 aromatic carbocycles. The van der Waals surface area contributed by atoms with Gasteiger partial charge in [0.15, 0.2) is 5.58 Å². The van der Waals surface area contributed by atoms with Crippen LogP contribution in [0.5, 0.6) is 0 Å². The summed E-state index contributed by atoms with van der Waals surface area (Å²) in [5.41, 5.74) is 2.87. The molecule has 0 bridgehead atoms. The number of halogens is 1. The van der Waals surface area contributed by atoms with E-state index in [4.69, 9.17) is 20.8 Å². The summed E-state index contributed by atoms with van der Waals surface area (Å²) in [5, 5.41) is 0.599. The molecule has 6 nitrogen and oxygen atoms in total. The van der Waals surface area contributed by atoms with Crippen LogP contribution < -0.4 is 4.90 Å². The molecule has 0 spiro atoms. The van der Waals surface area contributed by atoms with E-state index >= 15 is 0 Å². The third-order valence-electron chi connectivity index (χ3n) is 4.52. The van der Waals surface area contributed by atoms with Crippen LogP contribution in [0.15, 0.2) is 46.9 Å². The van der Waals surface area contributed by atoms with Gasteiger partial charge in [0.25, 0.3) is 0 Å². The number of hydrogen-bond acceptors (Lipinski definition) is 5. The summed E-state index contributed by atoms with van der Waals surface area (Å²) in [6.07, 6.45) is 0.173. The summed E-state index contributed by atoms with van der Waals surface area (Å²) >= 11 is 5.98. The summed E-state index contributed by atoms with van der Waals surface area (Å²) in [7, 11) is 0. The molecular formula is C20H17ClN2O4. The number of rotatable bonds is 4. The lowest BCUT2D eigenvalue weighted by Gasteiger charge is -2.16. The molecule has 0 unspecified atom stereocenters. The van der Waals surface area contributed by atoms with Crippen molar-refractivity contribution >= 4 is 40.3 Å². The lowest BCUT2D eigenvalue weighted by molar-refractivity contribution is -0.147. The van der Waals surface area contributed by atoms with Crippen molar-refractivity contribution in [2.75, 3.05) is 18.1 Å². The maximum Gasteiger partial charge on any atom is 0.311 e. The molecule has 27 heavy (non-hydrogen) atoms. The molecule has 1 aliphatic rings. The summed E-state index contributed by atoms with van der Waals surface area (Å²) in [6.45, 7) is 2.40. The first kappa shape index (κ1) is 17.5. The number of ether oxygens (including phenoxy) is 1. The molecule has 1 amide bonds. The first-order valence-electron chi connectivity index (χ1n) is 8.68. The number of nitrogens with zero attached hydrogens (tertiary/aromatic N) is 2. The van der Waals surface area contributed by atoms with Gasteiger partial charge in [0.1, 0.15) is 5.52 Å². The van der Waals surface area contributed by atoms with Crippen molar-refractivity contribution in [3.8, 4) is 11.5 Å². The lowest BCUT2D eigenvalue weighted by Crippen LogP contribution is -2.26. The largest absolute Gasteiger partial charge is 0.466 e. The van der Waals surface area contributed by atoms with Gasteiger partial charge in [-0.15, -0.1) is 0 Å². The third-order valence-corrected chi connectivity index (χ3v) is 4.76. The van der Waals surface area contributed by atoms with Crippen molar-refractivity contribution in [3.63, 3.8) is 0 Å². The van der Waals surface area contributed by atoms with Gasteiger partial charge in [-0.25, -0.2) is 4.98 Å². The van der Waals surface area contributed by atoms with Crippen molar-refractivity contribution < 1.29 is 18.7 Å². The highest BCUT2D eigenvalue weighted by atomic mass is 35.5. The van der Waals surface area contributed by atoms with Crippen LogP contribution in [-0.4, -0.2) is 30.0 Å². The number of esters is 1. The Hall–Kier alpha value is -2.86. The van der Waals surface area contributed by atoms with Crippen LogP contribution >= 0.6 is 11.6 Å². The van der Waals surface area contributed by atoms with Gasteiger partial charge in [-0.2, -0.15) is 0 Å². The summed E-state index contributed by atoms with van der Waals surface area (Å²) < 4.78 is 10.8. The van der Waals surface area contributed by atoms with Gasteiger partial charge < -0.3 is 14.1 Å². The highest BCUT2D eigenvalue weighted by Crippen LogP contribution is 2.30. The minimum Gasteiger partial charge on any atom is -0.466 e. The predicted octanol–water partition coefficient (Wildman–Crippen LogP) is 4.06. The number of carbonyl (C=O) groups excluding carboxylic acids is 2. The zero-order chi connectivity index (χ0) is 19.0. The number of amides is 1. The zero-order valence-electron chi connectivity index (χ0n) is 14.6. The number of aromatic nitrogens is 1. The maximum atomic E-state index is 12.3. The molecule has 3 aromatic rings. The Morgan fingerprint density at radius 2 is 2.07 bits per heavy atom. The molecule has 0 saturated carbocycles. The van der Waals surface area contributed by atoms with Gasteiger partial charge in [0, 0.05) is 29.2 Å². The van der Waals surface area contributed by atoms with Gasteiger partial charge in [0.05, 0.1) is 12.5 Å². The van der Waals surface area contributed by atoms with Crippen molar-refractivity contribution in [1.82, 2.24) is 4.98 Å². The Bertz CT molecular complexity index is 1010. The SMILES string of the molecule is CCOC(=O)[C@H]1CC(=O)N(c2ccc(-c3nc4cc(Cl)ccc4o3)cc2)C1. The van der Waals surface area contributed by atoms with E-state index in [1.165, 1.54) is 0 Å². The van der Waals surface area contributed by atoms with Crippen molar-refractivity contribution in [2.45, 2.75) is 13.3 Å². The van der Waals surface area contributed by atoms with Gasteiger partial charge in [-0.1, -0.05) is 11.6 Å². The van der Waals surface area contributed by atoms with Gasteiger partial charge >= 0.3 is 5.97 Å². The van der Waals surface area contributed by atoms with E-state index < -0.39 is 5.92 Å².